The van der Waals surface area contributed by atoms with Crippen LogP contribution in [0.3, 0.4) is 0 Å². The summed E-state index contributed by atoms with van der Waals surface area (Å²) in [6.07, 6.45) is 21.4. The average Bonchev–Trinajstić information content (AvgIpc) is 2.66. The number of carbonyl (C=O) groups excluding carboxylic acids is 1. The lowest BCUT2D eigenvalue weighted by Crippen LogP contribution is -1.80. The van der Waals surface area contributed by atoms with Gasteiger partial charge in [-0.2, -0.15) is 0 Å². The molecule has 26 heavy (non-hydrogen) atoms. The van der Waals surface area contributed by atoms with Crippen molar-refractivity contribution in [3.8, 4) is 35.5 Å². The topological polar surface area (TPSA) is 17.1 Å². The molecule has 0 aliphatic rings. The zero-order valence-corrected chi connectivity index (χ0v) is 17.0. The lowest BCUT2D eigenvalue weighted by Gasteiger charge is -1.98. The highest BCUT2D eigenvalue weighted by molar-refractivity contribution is 5.48. The molecule has 0 aromatic carbocycles. The van der Waals surface area contributed by atoms with Gasteiger partial charge in [0.05, 0.1) is 0 Å². The second-order valence-corrected chi connectivity index (χ2v) is 6.91. The van der Waals surface area contributed by atoms with Gasteiger partial charge in [0.1, 0.15) is 6.29 Å². The van der Waals surface area contributed by atoms with Crippen LogP contribution >= 0.6 is 0 Å². The van der Waals surface area contributed by atoms with Crippen LogP contribution in [0, 0.1) is 35.5 Å². The molecule has 0 saturated heterocycles. The van der Waals surface area contributed by atoms with Crippen molar-refractivity contribution in [2.75, 3.05) is 0 Å². The van der Waals surface area contributed by atoms with E-state index in [2.05, 4.69) is 42.4 Å². The number of carbonyl (C=O) groups is 1. The Kier molecular flexibility index (Phi) is 21.9. The molecule has 0 spiro atoms. The maximum absolute atomic E-state index is 10.2. The van der Waals surface area contributed by atoms with E-state index in [-0.39, 0.29) is 0 Å². The van der Waals surface area contributed by atoms with Crippen molar-refractivity contribution >= 4 is 6.29 Å². The highest BCUT2D eigenvalue weighted by Gasteiger charge is 1.91. The minimum absolute atomic E-state index is 0.714. The van der Waals surface area contributed by atoms with E-state index in [1.807, 2.05) is 0 Å². The van der Waals surface area contributed by atoms with Gasteiger partial charge in [-0.25, -0.2) is 0 Å². The van der Waals surface area contributed by atoms with Crippen molar-refractivity contribution < 1.29 is 4.79 Å². The van der Waals surface area contributed by atoms with E-state index in [1.54, 1.807) is 0 Å². The average molecular weight is 355 g/mol. The van der Waals surface area contributed by atoms with Crippen molar-refractivity contribution in [1.29, 1.82) is 0 Å². The SMILES string of the molecule is CCCCCCCCCCC#CC#CC#CCCCCCCCCC=O. The minimum Gasteiger partial charge on any atom is -0.303 e. The monoisotopic (exact) mass is 354 g/mol. The molecular formula is C25H38O. The van der Waals surface area contributed by atoms with Gasteiger partial charge in [0, 0.05) is 19.3 Å². The lowest BCUT2D eigenvalue weighted by molar-refractivity contribution is -0.107. The van der Waals surface area contributed by atoms with Crippen LogP contribution in [0.2, 0.25) is 0 Å². The Morgan fingerprint density at radius 2 is 0.962 bits per heavy atom. The molecule has 0 amide bonds. The van der Waals surface area contributed by atoms with Gasteiger partial charge in [-0.15, -0.1) is 0 Å². The van der Waals surface area contributed by atoms with Gasteiger partial charge in [0.15, 0.2) is 0 Å². The molecule has 0 aromatic rings. The fourth-order valence-electron chi connectivity index (χ4n) is 2.77. The van der Waals surface area contributed by atoms with Gasteiger partial charge in [-0.3, -0.25) is 0 Å². The summed E-state index contributed by atoms with van der Waals surface area (Å²) < 4.78 is 0. The first kappa shape index (κ1) is 24.4. The van der Waals surface area contributed by atoms with Crippen LogP contribution in [0.25, 0.3) is 0 Å². The normalized spacial score (nSPS) is 9.27. The molecule has 0 heterocycles. The van der Waals surface area contributed by atoms with Gasteiger partial charge in [0.25, 0.3) is 0 Å². The Labute approximate surface area is 163 Å². The molecule has 0 rings (SSSR count). The van der Waals surface area contributed by atoms with E-state index in [9.17, 15) is 4.79 Å². The second kappa shape index (κ2) is 23.4. The molecule has 0 radical (unpaired) electrons. The van der Waals surface area contributed by atoms with Crippen molar-refractivity contribution in [2.45, 2.75) is 116 Å². The quantitative estimate of drug-likeness (QED) is 0.168. The van der Waals surface area contributed by atoms with Crippen LogP contribution in [-0.4, -0.2) is 6.29 Å². The first-order valence-corrected chi connectivity index (χ1v) is 10.8. The van der Waals surface area contributed by atoms with Crippen LogP contribution < -0.4 is 0 Å². The third kappa shape index (κ3) is 22.4. The Balaban J connectivity index is 3.38. The summed E-state index contributed by atoms with van der Waals surface area (Å²) >= 11 is 0. The summed E-state index contributed by atoms with van der Waals surface area (Å²) in [6, 6.07) is 0. The van der Waals surface area contributed by atoms with Gasteiger partial charge in [-0.05, 0) is 42.9 Å². The fourth-order valence-corrected chi connectivity index (χ4v) is 2.77. The molecule has 144 valence electrons. The van der Waals surface area contributed by atoms with Crippen LogP contribution in [-0.2, 0) is 4.79 Å². The number of rotatable bonds is 16. The summed E-state index contributed by atoms with van der Waals surface area (Å²) in [5, 5.41) is 0. The molecule has 0 fully saturated rings. The predicted octanol–water partition coefficient (Wildman–Crippen LogP) is 6.85. The van der Waals surface area contributed by atoms with Gasteiger partial charge < -0.3 is 4.79 Å². The maximum atomic E-state index is 10.2. The molecule has 0 atom stereocenters. The van der Waals surface area contributed by atoms with Crippen molar-refractivity contribution in [1.82, 2.24) is 0 Å². The number of aldehydes is 1. The van der Waals surface area contributed by atoms with Crippen molar-refractivity contribution in [2.24, 2.45) is 0 Å². The van der Waals surface area contributed by atoms with E-state index in [0.717, 1.165) is 32.0 Å². The van der Waals surface area contributed by atoms with E-state index < -0.39 is 0 Å². The van der Waals surface area contributed by atoms with Gasteiger partial charge >= 0.3 is 0 Å². The van der Waals surface area contributed by atoms with E-state index in [0.29, 0.717) is 6.42 Å². The maximum Gasteiger partial charge on any atom is 0.119 e. The number of hydrogen-bond acceptors (Lipinski definition) is 1. The Morgan fingerprint density at radius 3 is 1.42 bits per heavy atom. The Hall–Kier alpha value is -1.65. The molecule has 0 aliphatic carbocycles. The summed E-state index contributed by atoms with van der Waals surface area (Å²) in [4.78, 5) is 10.2. The summed E-state index contributed by atoms with van der Waals surface area (Å²) in [5.41, 5.74) is 0. The highest BCUT2D eigenvalue weighted by Crippen LogP contribution is 2.09. The summed E-state index contributed by atoms with van der Waals surface area (Å²) in [6.45, 7) is 2.26. The molecule has 0 unspecified atom stereocenters. The second-order valence-electron chi connectivity index (χ2n) is 6.91. The molecule has 0 N–H and O–H groups in total. The van der Waals surface area contributed by atoms with Crippen LogP contribution in [0.1, 0.15) is 116 Å². The van der Waals surface area contributed by atoms with Crippen LogP contribution in [0.15, 0.2) is 0 Å². The number of hydrogen-bond donors (Lipinski definition) is 0. The van der Waals surface area contributed by atoms with Crippen molar-refractivity contribution in [3.63, 3.8) is 0 Å². The molecule has 0 aliphatic heterocycles. The van der Waals surface area contributed by atoms with Crippen molar-refractivity contribution in [3.05, 3.63) is 0 Å². The fraction of sp³-hybridized carbons (Fsp3) is 0.720. The molecule has 0 aromatic heterocycles. The predicted molar refractivity (Wildman–Crippen MR) is 114 cm³/mol. The zero-order valence-electron chi connectivity index (χ0n) is 17.0. The highest BCUT2D eigenvalue weighted by atomic mass is 16.1. The minimum atomic E-state index is 0.714. The van der Waals surface area contributed by atoms with E-state index >= 15 is 0 Å². The standard InChI is InChI=1S/C25H38O/c1-2-3-4-5-6-7-8-9-10-11-12-13-14-15-16-17-18-19-20-21-22-23-24-25-26/h25H,2-10,17-24H2,1H3. The first-order chi connectivity index (χ1) is 12.9. The largest absolute Gasteiger partial charge is 0.303 e. The molecule has 0 bridgehead atoms. The molecule has 1 nitrogen and oxygen atoms in total. The molecular weight excluding hydrogens is 316 g/mol. The number of unbranched alkanes of at least 4 members (excludes halogenated alkanes) is 15. The smallest absolute Gasteiger partial charge is 0.119 e. The van der Waals surface area contributed by atoms with Gasteiger partial charge in [-0.1, -0.05) is 89.4 Å². The molecule has 1 heteroatoms. The van der Waals surface area contributed by atoms with E-state index in [1.165, 1.54) is 77.0 Å². The lowest BCUT2D eigenvalue weighted by atomic mass is 10.1. The zero-order chi connectivity index (χ0) is 19.0. The van der Waals surface area contributed by atoms with Gasteiger partial charge in [0.2, 0.25) is 0 Å². The van der Waals surface area contributed by atoms with Crippen LogP contribution in [0.4, 0.5) is 0 Å². The third-order valence-corrected chi connectivity index (χ3v) is 4.39. The van der Waals surface area contributed by atoms with Crippen LogP contribution in [0.5, 0.6) is 0 Å². The Morgan fingerprint density at radius 1 is 0.538 bits per heavy atom. The first-order valence-electron chi connectivity index (χ1n) is 10.8. The van der Waals surface area contributed by atoms with E-state index in [4.69, 9.17) is 0 Å². The molecule has 0 saturated carbocycles. The summed E-state index contributed by atoms with van der Waals surface area (Å²) in [5.74, 6) is 17.7. The third-order valence-electron chi connectivity index (χ3n) is 4.39. The summed E-state index contributed by atoms with van der Waals surface area (Å²) in [7, 11) is 0. The Bertz CT molecular complexity index is 483.